The number of aryl methyl sites for hydroxylation is 1. The Morgan fingerprint density at radius 2 is 1.90 bits per heavy atom. The molecule has 0 radical (unpaired) electrons. The van der Waals surface area contributed by atoms with Crippen LogP contribution in [0.3, 0.4) is 0 Å². The van der Waals surface area contributed by atoms with E-state index in [0.717, 1.165) is 21.4 Å². The predicted octanol–water partition coefficient (Wildman–Crippen LogP) is 4.17. The number of benzene rings is 2. The van der Waals surface area contributed by atoms with E-state index in [1.54, 1.807) is 0 Å². The van der Waals surface area contributed by atoms with E-state index in [2.05, 4.69) is 46.5 Å². The third-order valence-corrected chi connectivity index (χ3v) is 4.46. The van der Waals surface area contributed by atoms with Crippen LogP contribution >= 0.6 is 15.9 Å². The van der Waals surface area contributed by atoms with Crippen LogP contribution in [0.2, 0.25) is 0 Å². The second kappa shape index (κ2) is 4.94. The number of rotatable bonds is 2. The highest BCUT2D eigenvalue weighted by molar-refractivity contribution is 9.10. The van der Waals surface area contributed by atoms with E-state index in [1.165, 1.54) is 11.1 Å². The first-order valence-electron chi connectivity index (χ1n) is 6.50. The van der Waals surface area contributed by atoms with E-state index in [1.807, 2.05) is 30.3 Å². The molecule has 1 amide bonds. The molecule has 0 aromatic heterocycles. The Labute approximate surface area is 126 Å². The molecule has 2 N–H and O–H groups in total. The van der Waals surface area contributed by atoms with Crippen molar-refractivity contribution in [3.8, 4) is 0 Å². The predicted molar refractivity (Wildman–Crippen MR) is 85.1 cm³/mol. The van der Waals surface area contributed by atoms with E-state index in [4.69, 9.17) is 0 Å². The van der Waals surface area contributed by atoms with Crippen LogP contribution in [0.15, 0.2) is 40.9 Å². The molecule has 3 nitrogen and oxygen atoms in total. The molecule has 0 bridgehead atoms. The molecule has 1 unspecified atom stereocenters. The highest BCUT2D eigenvalue weighted by atomic mass is 79.9. The summed E-state index contributed by atoms with van der Waals surface area (Å²) in [5.74, 6) is -0.0205. The van der Waals surface area contributed by atoms with Crippen LogP contribution in [0.4, 0.5) is 11.4 Å². The standard InChI is InChI=1S/C16H15BrN2O/c1-9-5-3-7-12(10(9)2)18-15-14-11(17)6-4-8-13(14)19-16(15)20/h3-8,15,18H,1-2H3,(H,19,20). The lowest BCUT2D eigenvalue weighted by Gasteiger charge is -2.17. The number of carbonyl (C=O) groups is 1. The Morgan fingerprint density at radius 1 is 1.15 bits per heavy atom. The van der Waals surface area contributed by atoms with Gasteiger partial charge in [0.1, 0.15) is 6.04 Å². The number of fused-ring (bicyclic) bond motifs is 1. The van der Waals surface area contributed by atoms with Crippen molar-refractivity contribution in [1.29, 1.82) is 0 Å². The first-order valence-corrected chi connectivity index (χ1v) is 7.29. The average molecular weight is 331 g/mol. The molecule has 3 rings (SSSR count). The molecule has 0 saturated carbocycles. The van der Waals surface area contributed by atoms with E-state index in [9.17, 15) is 4.79 Å². The van der Waals surface area contributed by atoms with Gasteiger partial charge in [-0.1, -0.05) is 34.1 Å². The maximum Gasteiger partial charge on any atom is 0.251 e. The summed E-state index contributed by atoms with van der Waals surface area (Å²) < 4.78 is 0.941. The lowest BCUT2D eigenvalue weighted by Crippen LogP contribution is -2.20. The molecule has 0 aliphatic carbocycles. The van der Waals surface area contributed by atoms with Crippen LogP contribution in [0.5, 0.6) is 0 Å². The Morgan fingerprint density at radius 3 is 2.70 bits per heavy atom. The van der Waals surface area contributed by atoms with Gasteiger partial charge in [-0.2, -0.15) is 0 Å². The zero-order valence-corrected chi connectivity index (χ0v) is 12.9. The first kappa shape index (κ1) is 13.2. The van der Waals surface area contributed by atoms with Crippen molar-refractivity contribution in [2.75, 3.05) is 10.6 Å². The molecule has 1 aliphatic heterocycles. The maximum absolute atomic E-state index is 12.2. The number of nitrogens with one attached hydrogen (secondary N) is 2. The summed E-state index contributed by atoms with van der Waals surface area (Å²) in [4.78, 5) is 12.2. The number of halogens is 1. The summed E-state index contributed by atoms with van der Waals surface area (Å²) in [6.07, 6.45) is 0. The summed E-state index contributed by atoms with van der Waals surface area (Å²) in [6.45, 7) is 4.13. The lowest BCUT2D eigenvalue weighted by molar-refractivity contribution is -0.116. The minimum absolute atomic E-state index is 0.0205. The number of amides is 1. The minimum atomic E-state index is -0.360. The third-order valence-electron chi connectivity index (χ3n) is 3.77. The smallest absolute Gasteiger partial charge is 0.251 e. The van der Waals surface area contributed by atoms with Crippen molar-refractivity contribution < 1.29 is 4.79 Å². The van der Waals surface area contributed by atoms with Crippen molar-refractivity contribution in [3.05, 3.63) is 57.6 Å². The van der Waals surface area contributed by atoms with Gasteiger partial charge in [-0.15, -0.1) is 0 Å². The summed E-state index contributed by atoms with van der Waals surface area (Å²) >= 11 is 3.53. The number of carbonyl (C=O) groups excluding carboxylic acids is 1. The van der Waals surface area contributed by atoms with E-state index in [-0.39, 0.29) is 11.9 Å². The fourth-order valence-electron chi connectivity index (χ4n) is 2.48. The molecular formula is C16H15BrN2O. The van der Waals surface area contributed by atoms with Gasteiger partial charge < -0.3 is 10.6 Å². The topological polar surface area (TPSA) is 41.1 Å². The molecule has 0 spiro atoms. The molecule has 2 aromatic rings. The van der Waals surface area contributed by atoms with Crippen molar-refractivity contribution in [1.82, 2.24) is 0 Å². The molecule has 4 heteroatoms. The summed E-state index contributed by atoms with van der Waals surface area (Å²) in [5.41, 5.74) is 5.21. The van der Waals surface area contributed by atoms with Gasteiger partial charge >= 0.3 is 0 Å². The normalized spacial score (nSPS) is 16.8. The SMILES string of the molecule is Cc1cccc(NC2C(=O)Nc3cccc(Br)c32)c1C. The van der Waals surface area contributed by atoms with Crippen molar-refractivity contribution in [3.63, 3.8) is 0 Å². The Hall–Kier alpha value is -1.81. The second-order valence-corrected chi connectivity index (χ2v) is 5.87. The largest absolute Gasteiger partial charge is 0.370 e. The fourth-order valence-corrected chi connectivity index (χ4v) is 3.07. The van der Waals surface area contributed by atoms with Crippen LogP contribution in [0.25, 0.3) is 0 Å². The van der Waals surface area contributed by atoms with Crippen molar-refractivity contribution >= 4 is 33.2 Å². The van der Waals surface area contributed by atoms with Crippen LogP contribution < -0.4 is 10.6 Å². The number of anilines is 2. The van der Waals surface area contributed by atoms with Gasteiger partial charge in [0.25, 0.3) is 5.91 Å². The summed E-state index contributed by atoms with van der Waals surface area (Å²) in [6, 6.07) is 11.5. The van der Waals surface area contributed by atoms with Gasteiger partial charge in [-0.3, -0.25) is 4.79 Å². The zero-order valence-electron chi connectivity index (χ0n) is 11.3. The highest BCUT2D eigenvalue weighted by Crippen LogP contribution is 2.38. The van der Waals surface area contributed by atoms with Gasteiger partial charge in [-0.05, 0) is 43.2 Å². The van der Waals surface area contributed by atoms with Gasteiger partial charge in [0.15, 0.2) is 0 Å². The third kappa shape index (κ3) is 2.10. The summed E-state index contributed by atoms with van der Waals surface area (Å²) in [7, 11) is 0. The molecule has 20 heavy (non-hydrogen) atoms. The van der Waals surface area contributed by atoms with Gasteiger partial charge in [0, 0.05) is 21.4 Å². The van der Waals surface area contributed by atoms with Crippen molar-refractivity contribution in [2.45, 2.75) is 19.9 Å². The Balaban J connectivity index is 2.00. The number of hydrogen-bond donors (Lipinski definition) is 2. The van der Waals surface area contributed by atoms with Gasteiger partial charge in [-0.25, -0.2) is 0 Å². The molecule has 1 aliphatic rings. The van der Waals surface area contributed by atoms with Crippen LogP contribution in [-0.2, 0) is 4.79 Å². The molecule has 1 heterocycles. The highest BCUT2D eigenvalue weighted by Gasteiger charge is 2.32. The Kier molecular flexibility index (Phi) is 3.26. The zero-order chi connectivity index (χ0) is 14.3. The first-order chi connectivity index (χ1) is 9.58. The maximum atomic E-state index is 12.2. The van der Waals surface area contributed by atoms with Crippen LogP contribution in [0, 0.1) is 13.8 Å². The van der Waals surface area contributed by atoms with Gasteiger partial charge in [0.05, 0.1) is 0 Å². The van der Waals surface area contributed by atoms with Crippen molar-refractivity contribution in [2.24, 2.45) is 0 Å². The minimum Gasteiger partial charge on any atom is -0.370 e. The average Bonchev–Trinajstić information content (AvgIpc) is 2.73. The van der Waals surface area contributed by atoms with Gasteiger partial charge in [0.2, 0.25) is 0 Å². The lowest BCUT2D eigenvalue weighted by atomic mass is 10.0. The fraction of sp³-hybridized carbons (Fsp3) is 0.188. The molecule has 1 atom stereocenters. The number of hydrogen-bond acceptors (Lipinski definition) is 2. The second-order valence-electron chi connectivity index (χ2n) is 5.02. The van der Waals surface area contributed by atoms with Crippen LogP contribution in [-0.4, -0.2) is 5.91 Å². The molecule has 102 valence electrons. The van der Waals surface area contributed by atoms with E-state index < -0.39 is 0 Å². The molecule has 0 fully saturated rings. The van der Waals surface area contributed by atoms with E-state index >= 15 is 0 Å². The monoisotopic (exact) mass is 330 g/mol. The summed E-state index contributed by atoms with van der Waals surface area (Å²) in [5, 5.41) is 6.27. The Bertz CT molecular complexity index is 697. The quantitative estimate of drug-likeness (QED) is 0.867. The van der Waals surface area contributed by atoms with Crippen LogP contribution in [0.1, 0.15) is 22.7 Å². The molecular weight excluding hydrogens is 316 g/mol. The molecule has 0 saturated heterocycles. The molecule has 2 aromatic carbocycles. The van der Waals surface area contributed by atoms with E-state index in [0.29, 0.717) is 0 Å².